The van der Waals surface area contributed by atoms with Crippen molar-refractivity contribution < 1.29 is 19.0 Å². The molecule has 12 heteroatoms. The molecule has 0 saturated heterocycles. The summed E-state index contributed by atoms with van der Waals surface area (Å²) >= 11 is 0. The molecule has 0 atom stereocenters. The van der Waals surface area contributed by atoms with Crippen molar-refractivity contribution in [3.05, 3.63) is 108 Å². The van der Waals surface area contributed by atoms with Crippen molar-refractivity contribution in [2.75, 3.05) is 5.32 Å². The highest BCUT2D eigenvalue weighted by molar-refractivity contribution is 6.05. The molecule has 0 unspecified atom stereocenters. The van der Waals surface area contributed by atoms with Gasteiger partial charge in [0.05, 0.1) is 43.8 Å². The molecule has 0 spiro atoms. The maximum Gasteiger partial charge on any atom is 0.277 e. The van der Waals surface area contributed by atoms with Crippen LogP contribution < -0.4 is 10.9 Å². The van der Waals surface area contributed by atoms with Gasteiger partial charge in [-0.25, -0.2) is 9.37 Å². The van der Waals surface area contributed by atoms with Gasteiger partial charge in [0.2, 0.25) is 0 Å². The zero-order valence-corrected chi connectivity index (χ0v) is 17.4. The number of nitrogens with one attached hydrogen (secondary N) is 1. The maximum absolute atomic E-state index is 14.5. The van der Waals surface area contributed by atoms with Crippen LogP contribution in [0.5, 0.6) is 0 Å². The summed E-state index contributed by atoms with van der Waals surface area (Å²) in [4.78, 5) is 50.4. The van der Waals surface area contributed by atoms with Gasteiger partial charge in [0.25, 0.3) is 22.8 Å². The Kier molecular flexibility index (Phi) is 5.55. The largest absolute Gasteiger partial charge is 0.319 e. The van der Waals surface area contributed by atoms with Gasteiger partial charge in [-0.2, -0.15) is 0 Å². The van der Waals surface area contributed by atoms with Crippen LogP contribution in [-0.2, 0) is 0 Å². The Bertz CT molecular complexity index is 1530. The summed E-state index contributed by atoms with van der Waals surface area (Å²) in [5.41, 5.74) is -1.79. The molecule has 0 aliphatic carbocycles. The van der Waals surface area contributed by atoms with Gasteiger partial charge in [0.1, 0.15) is 11.6 Å². The van der Waals surface area contributed by atoms with Gasteiger partial charge in [-0.1, -0.05) is 12.1 Å². The van der Waals surface area contributed by atoms with Gasteiger partial charge in [-0.15, -0.1) is 0 Å². The van der Waals surface area contributed by atoms with E-state index >= 15 is 0 Å². The van der Waals surface area contributed by atoms with Gasteiger partial charge in [0, 0.05) is 12.1 Å². The van der Waals surface area contributed by atoms with Crippen molar-refractivity contribution >= 4 is 33.9 Å². The zero-order chi connectivity index (χ0) is 24.6. The predicted molar refractivity (Wildman–Crippen MR) is 120 cm³/mol. The number of carbonyl (C=O) groups is 1. The SMILES string of the molecule is Cc1nc2ccccc2c(=O)n1-c1ccc(F)c(NC(=O)c2cc([N+](=O)[O-])cc([N+](=O)[O-])c2)c1. The van der Waals surface area contributed by atoms with E-state index in [0.717, 1.165) is 18.2 Å². The summed E-state index contributed by atoms with van der Waals surface area (Å²) in [6.45, 7) is 1.59. The number of fused-ring (bicyclic) bond motifs is 1. The van der Waals surface area contributed by atoms with E-state index in [1.807, 2.05) is 0 Å². The Morgan fingerprint density at radius 2 is 1.65 bits per heavy atom. The molecule has 11 nitrogen and oxygen atoms in total. The van der Waals surface area contributed by atoms with Crippen LogP contribution in [0.1, 0.15) is 16.2 Å². The first kappa shape index (κ1) is 22.2. The first-order valence-corrected chi connectivity index (χ1v) is 9.69. The molecule has 34 heavy (non-hydrogen) atoms. The van der Waals surface area contributed by atoms with Gasteiger partial charge >= 0.3 is 0 Å². The molecule has 1 aromatic heterocycles. The number of hydrogen-bond acceptors (Lipinski definition) is 7. The molecule has 0 radical (unpaired) electrons. The van der Waals surface area contributed by atoms with Gasteiger partial charge in [0.15, 0.2) is 0 Å². The minimum atomic E-state index is -1.01. The van der Waals surface area contributed by atoms with E-state index in [0.29, 0.717) is 22.8 Å². The monoisotopic (exact) mass is 463 g/mol. The molecule has 0 fully saturated rings. The molecular weight excluding hydrogens is 449 g/mol. The van der Waals surface area contributed by atoms with Crippen LogP contribution in [0.25, 0.3) is 16.6 Å². The Morgan fingerprint density at radius 1 is 1.00 bits per heavy atom. The van der Waals surface area contributed by atoms with E-state index in [9.17, 15) is 34.2 Å². The second-order valence-electron chi connectivity index (χ2n) is 7.19. The topological polar surface area (TPSA) is 150 Å². The number of nitrogens with zero attached hydrogens (tertiary/aromatic N) is 4. The smallest absolute Gasteiger partial charge is 0.277 e. The highest BCUT2D eigenvalue weighted by atomic mass is 19.1. The number of amides is 1. The van der Waals surface area contributed by atoms with E-state index in [2.05, 4.69) is 10.3 Å². The van der Waals surface area contributed by atoms with E-state index < -0.39 is 44.1 Å². The molecular formula is C22H14FN5O6. The van der Waals surface area contributed by atoms with Crippen LogP contribution in [0.2, 0.25) is 0 Å². The lowest BCUT2D eigenvalue weighted by Gasteiger charge is -2.13. The molecule has 1 amide bonds. The number of aromatic nitrogens is 2. The molecule has 3 aromatic carbocycles. The number of benzene rings is 3. The summed E-state index contributed by atoms with van der Waals surface area (Å²) < 4.78 is 15.7. The number of para-hydroxylation sites is 1. The molecule has 170 valence electrons. The number of hydrogen-bond donors (Lipinski definition) is 1. The van der Waals surface area contributed by atoms with E-state index in [1.165, 1.54) is 16.7 Å². The summed E-state index contributed by atoms with van der Waals surface area (Å²) in [6, 6.07) is 12.6. The Balaban J connectivity index is 1.76. The maximum atomic E-state index is 14.5. The zero-order valence-electron chi connectivity index (χ0n) is 17.4. The normalized spacial score (nSPS) is 10.8. The third kappa shape index (κ3) is 4.07. The molecule has 4 rings (SSSR count). The summed E-state index contributed by atoms with van der Waals surface area (Å²) in [6.07, 6.45) is 0. The van der Waals surface area contributed by atoms with Gasteiger partial charge in [-0.05, 0) is 37.3 Å². The lowest BCUT2D eigenvalue weighted by molar-refractivity contribution is -0.394. The van der Waals surface area contributed by atoms with Crippen LogP contribution in [0.4, 0.5) is 21.5 Å². The van der Waals surface area contributed by atoms with E-state index in [-0.39, 0.29) is 11.4 Å². The minimum absolute atomic E-state index is 0.211. The fraction of sp³-hybridized carbons (Fsp3) is 0.0455. The van der Waals surface area contributed by atoms with Crippen molar-refractivity contribution in [2.45, 2.75) is 6.92 Å². The van der Waals surface area contributed by atoms with Crippen molar-refractivity contribution in [2.24, 2.45) is 0 Å². The van der Waals surface area contributed by atoms with E-state index in [4.69, 9.17) is 0 Å². The Morgan fingerprint density at radius 3 is 2.29 bits per heavy atom. The first-order chi connectivity index (χ1) is 16.2. The number of aryl methyl sites for hydroxylation is 1. The number of carbonyl (C=O) groups excluding carboxylic acids is 1. The fourth-order valence-corrected chi connectivity index (χ4v) is 3.43. The van der Waals surface area contributed by atoms with E-state index in [1.54, 1.807) is 31.2 Å². The van der Waals surface area contributed by atoms with Crippen molar-refractivity contribution in [1.29, 1.82) is 0 Å². The third-order valence-electron chi connectivity index (χ3n) is 4.99. The molecule has 0 saturated carbocycles. The Hall–Kier alpha value is -5.00. The van der Waals surface area contributed by atoms with Crippen molar-refractivity contribution in [3.63, 3.8) is 0 Å². The highest BCUT2D eigenvalue weighted by Gasteiger charge is 2.21. The highest BCUT2D eigenvalue weighted by Crippen LogP contribution is 2.25. The summed E-state index contributed by atoms with van der Waals surface area (Å²) in [7, 11) is 0. The molecule has 0 aliphatic rings. The Labute approximate surface area is 189 Å². The predicted octanol–water partition coefficient (Wildman–Crippen LogP) is 3.90. The second kappa shape index (κ2) is 8.50. The average molecular weight is 463 g/mol. The van der Waals surface area contributed by atoms with Gasteiger partial charge in [-0.3, -0.25) is 34.4 Å². The first-order valence-electron chi connectivity index (χ1n) is 9.69. The molecule has 0 aliphatic heterocycles. The lowest BCUT2D eigenvalue weighted by Crippen LogP contribution is -2.22. The lowest BCUT2D eigenvalue weighted by atomic mass is 10.1. The number of anilines is 1. The van der Waals surface area contributed by atoms with Crippen LogP contribution in [0.3, 0.4) is 0 Å². The van der Waals surface area contributed by atoms with Crippen molar-refractivity contribution in [3.8, 4) is 5.69 Å². The standard InChI is InChI=1S/C22H14FN5O6/c1-12-24-19-5-3-2-4-17(19)22(30)26(12)14-6-7-18(23)20(11-14)25-21(29)13-8-15(27(31)32)10-16(9-13)28(33)34/h2-11H,1H3,(H,25,29). The molecule has 1 heterocycles. The quantitative estimate of drug-likeness (QED) is 0.348. The number of rotatable bonds is 5. The number of nitro groups is 2. The summed E-state index contributed by atoms with van der Waals surface area (Å²) in [5.74, 6) is -1.54. The van der Waals surface area contributed by atoms with Crippen LogP contribution in [-0.4, -0.2) is 25.3 Å². The fourth-order valence-electron chi connectivity index (χ4n) is 3.43. The average Bonchev–Trinajstić information content (AvgIpc) is 2.80. The molecule has 0 bridgehead atoms. The van der Waals surface area contributed by atoms with Crippen LogP contribution >= 0.6 is 0 Å². The van der Waals surface area contributed by atoms with Crippen LogP contribution in [0, 0.1) is 33.0 Å². The molecule has 4 aromatic rings. The number of halogens is 1. The number of non-ortho nitro benzene ring substituents is 2. The minimum Gasteiger partial charge on any atom is -0.319 e. The second-order valence-corrected chi connectivity index (χ2v) is 7.19. The summed E-state index contributed by atoms with van der Waals surface area (Å²) in [5, 5.41) is 24.7. The molecule has 1 N–H and O–H groups in total. The number of nitro benzene ring substituents is 2. The van der Waals surface area contributed by atoms with Crippen LogP contribution in [0.15, 0.2) is 65.5 Å². The van der Waals surface area contributed by atoms with Crippen molar-refractivity contribution in [1.82, 2.24) is 9.55 Å². The third-order valence-corrected chi connectivity index (χ3v) is 4.99. The van der Waals surface area contributed by atoms with Gasteiger partial charge < -0.3 is 5.32 Å².